The topological polar surface area (TPSA) is 27.6 Å². The lowest BCUT2D eigenvalue weighted by Crippen LogP contribution is -3.00. The van der Waals surface area contributed by atoms with Crippen molar-refractivity contribution >= 4 is 0 Å². The largest absolute Gasteiger partial charge is 1.00 e. The van der Waals surface area contributed by atoms with E-state index in [2.05, 4.69) is 17.6 Å². The molecule has 1 nitrogen and oxygen atoms in total. The van der Waals surface area contributed by atoms with E-state index in [1.807, 2.05) is 20.8 Å². The lowest BCUT2D eigenvalue weighted by molar-refractivity contribution is -0.442. The Bertz CT molecular complexity index is 102. The van der Waals surface area contributed by atoms with Gasteiger partial charge in [0.25, 0.3) is 0 Å². The SMILES string of the molecule is CC#CC(C)(C)[NH3+].[Cl-]. The molecule has 0 saturated carbocycles. The molecule has 0 aromatic heterocycles. The molecule has 0 amide bonds. The van der Waals surface area contributed by atoms with Crippen LogP contribution in [-0.2, 0) is 0 Å². The molecule has 2 heteroatoms. The lowest BCUT2D eigenvalue weighted by Gasteiger charge is -2.01. The van der Waals surface area contributed by atoms with Crippen LogP contribution in [0.3, 0.4) is 0 Å². The summed E-state index contributed by atoms with van der Waals surface area (Å²) in [6.07, 6.45) is 0. The molecule has 0 aliphatic heterocycles. The van der Waals surface area contributed by atoms with E-state index in [9.17, 15) is 0 Å². The molecular weight excluding hydrogens is 122 g/mol. The van der Waals surface area contributed by atoms with E-state index in [0.29, 0.717) is 0 Å². The second kappa shape index (κ2) is 3.77. The Kier molecular flexibility index (Phi) is 5.05. The maximum absolute atomic E-state index is 3.79. The van der Waals surface area contributed by atoms with Crippen LogP contribution in [0.1, 0.15) is 20.8 Å². The number of hydrogen-bond acceptors (Lipinski definition) is 0. The smallest absolute Gasteiger partial charge is 0.150 e. The molecule has 0 aliphatic carbocycles. The van der Waals surface area contributed by atoms with Crippen LogP contribution in [0.25, 0.3) is 0 Å². The van der Waals surface area contributed by atoms with Gasteiger partial charge in [-0.3, -0.25) is 0 Å². The second-order valence-electron chi connectivity index (χ2n) is 2.26. The van der Waals surface area contributed by atoms with Gasteiger partial charge < -0.3 is 18.1 Å². The van der Waals surface area contributed by atoms with Crippen molar-refractivity contribution in [3.63, 3.8) is 0 Å². The summed E-state index contributed by atoms with van der Waals surface area (Å²) in [5.41, 5.74) is 3.73. The molecule has 0 aliphatic rings. The van der Waals surface area contributed by atoms with Gasteiger partial charge >= 0.3 is 0 Å². The highest BCUT2D eigenvalue weighted by atomic mass is 35.5. The third kappa shape index (κ3) is 9.26. The van der Waals surface area contributed by atoms with Crippen molar-refractivity contribution in [3.05, 3.63) is 0 Å². The average Bonchev–Trinajstić information content (AvgIpc) is 1.30. The van der Waals surface area contributed by atoms with Crippen LogP contribution in [0, 0.1) is 11.8 Å². The molecule has 0 aromatic carbocycles. The van der Waals surface area contributed by atoms with Crippen molar-refractivity contribution in [1.82, 2.24) is 0 Å². The Labute approximate surface area is 57.1 Å². The van der Waals surface area contributed by atoms with Gasteiger partial charge in [-0.2, -0.15) is 0 Å². The van der Waals surface area contributed by atoms with Gasteiger partial charge in [0.2, 0.25) is 0 Å². The fraction of sp³-hybridized carbons (Fsp3) is 0.667. The zero-order chi connectivity index (χ0) is 5.91. The normalized spacial score (nSPS) is 8.50. The monoisotopic (exact) mass is 133 g/mol. The van der Waals surface area contributed by atoms with E-state index in [4.69, 9.17) is 0 Å². The molecule has 0 atom stereocenters. The zero-order valence-electron chi connectivity index (χ0n) is 5.59. The zero-order valence-corrected chi connectivity index (χ0v) is 6.34. The minimum absolute atomic E-state index is 0. The fourth-order valence-corrected chi connectivity index (χ4v) is 0.338. The van der Waals surface area contributed by atoms with Crippen molar-refractivity contribution in [2.24, 2.45) is 0 Å². The van der Waals surface area contributed by atoms with Crippen LogP contribution in [0.2, 0.25) is 0 Å². The summed E-state index contributed by atoms with van der Waals surface area (Å²) < 4.78 is 0. The first-order valence-corrected chi connectivity index (χ1v) is 2.35. The summed E-state index contributed by atoms with van der Waals surface area (Å²) in [6.45, 7) is 5.81. The molecule has 48 valence electrons. The Morgan fingerprint density at radius 3 is 1.75 bits per heavy atom. The molecule has 0 saturated heterocycles. The summed E-state index contributed by atoms with van der Waals surface area (Å²) in [5, 5.41) is 0. The van der Waals surface area contributed by atoms with Crippen LogP contribution >= 0.6 is 0 Å². The third-order valence-electron chi connectivity index (χ3n) is 0.463. The molecule has 0 spiro atoms. The summed E-state index contributed by atoms with van der Waals surface area (Å²) in [6, 6.07) is 0. The minimum atomic E-state index is -0.0608. The van der Waals surface area contributed by atoms with Gasteiger partial charge in [0, 0.05) is 13.8 Å². The van der Waals surface area contributed by atoms with E-state index < -0.39 is 0 Å². The summed E-state index contributed by atoms with van der Waals surface area (Å²) in [4.78, 5) is 0. The Hall–Kier alpha value is -0.190. The van der Waals surface area contributed by atoms with E-state index in [1.165, 1.54) is 0 Å². The van der Waals surface area contributed by atoms with Crippen LogP contribution in [-0.4, -0.2) is 5.54 Å². The van der Waals surface area contributed by atoms with E-state index in [-0.39, 0.29) is 17.9 Å². The van der Waals surface area contributed by atoms with E-state index >= 15 is 0 Å². The molecule has 0 rings (SSSR count). The van der Waals surface area contributed by atoms with Crippen molar-refractivity contribution in [2.45, 2.75) is 26.3 Å². The van der Waals surface area contributed by atoms with Crippen LogP contribution in [0.15, 0.2) is 0 Å². The molecule has 0 radical (unpaired) electrons. The first-order valence-electron chi connectivity index (χ1n) is 2.35. The highest BCUT2D eigenvalue weighted by Gasteiger charge is 2.06. The summed E-state index contributed by atoms with van der Waals surface area (Å²) in [5.74, 6) is 5.72. The third-order valence-corrected chi connectivity index (χ3v) is 0.463. The number of rotatable bonds is 0. The van der Waals surface area contributed by atoms with Gasteiger partial charge in [-0.1, -0.05) is 0 Å². The van der Waals surface area contributed by atoms with Crippen LogP contribution < -0.4 is 18.1 Å². The molecule has 0 fully saturated rings. The average molecular weight is 134 g/mol. The maximum Gasteiger partial charge on any atom is 0.150 e. The molecule has 3 N–H and O–H groups in total. The second-order valence-corrected chi connectivity index (χ2v) is 2.26. The molecule has 0 unspecified atom stereocenters. The van der Waals surface area contributed by atoms with E-state index in [0.717, 1.165) is 0 Å². The standard InChI is InChI=1S/C6H11N.ClH/c1-4-5-6(2,3)7;/h7H2,1-3H3;1H. The Balaban J connectivity index is 0. The number of quaternary nitrogens is 1. The maximum atomic E-state index is 3.79. The van der Waals surface area contributed by atoms with Gasteiger partial charge in [-0.05, 0) is 12.8 Å². The predicted octanol–water partition coefficient (Wildman–Crippen LogP) is -2.97. The molecule has 8 heavy (non-hydrogen) atoms. The van der Waals surface area contributed by atoms with Gasteiger partial charge in [-0.15, -0.1) is 5.92 Å². The highest BCUT2D eigenvalue weighted by Crippen LogP contribution is 1.86. The quantitative estimate of drug-likeness (QED) is 0.342. The van der Waals surface area contributed by atoms with Gasteiger partial charge in [0.05, 0.1) is 0 Å². The van der Waals surface area contributed by atoms with Crippen LogP contribution in [0.5, 0.6) is 0 Å². The molecule has 0 heterocycles. The van der Waals surface area contributed by atoms with Gasteiger partial charge in [0.15, 0.2) is 5.54 Å². The highest BCUT2D eigenvalue weighted by molar-refractivity contribution is 5.06. The first-order chi connectivity index (χ1) is 3.06. The van der Waals surface area contributed by atoms with Crippen molar-refractivity contribution in [3.8, 4) is 11.8 Å². The first kappa shape index (κ1) is 10.7. The lowest BCUT2D eigenvalue weighted by atomic mass is 10.1. The van der Waals surface area contributed by atoms with Crippen molar-refractivity contribution in [1.29, 1.82) is 0 Å². The van der Waals surface area contributed by atoms with Crippen molar-refractivity contribution in [2.75, 3.05) is 0 Å². The summed E-state index contributed by atoms with van der Waals surface area (Å²) in [7, 11) is 0. The summed E-state index contributed by atoms with van der Waals surface area (Å²) >= 11 is 0. The number of halogens is 1. The minimum Gasteiger partial charge on any atom is -1.00 e. The van der Waals surface area contributed by atoms with E-state index in [1.54, 1.807) is 0 Å². The van der Waals surface area contributed by atoms with Crippen molar-refractivity contribution < 1.29 is 18.1 Å². The van der Waals surface area contributed by atoms with Crippen LogP contribution in [0.4, 0.5) is 0 Å². The predicted molar refractivity (Wildman–Crippen MR) is 30.4 cm³/mol. The van der Waals surface area contributed by atoms with Gasteiger partial charge in [0.1, 0.15) is 0 Å². The molecule has 0 aromatic rings. The van der Waals surface area contributed by atoms with Gasteiger partial charge in [-0.25, -0.2) is 0 Å². The number of hydrogen-bond donors (Lipinski definition) is 1. The molecular formula is C6H12ClN. The Morgan fingerprint density at radius 2 is 1.75 bits per heavy atom. The molecule has 0 bridgehead atoms. The Morgan fingerprint density at radius 1 is 1.38 bits per heavy atom. The fourth-order valence-electron chi connectivity index (χ4n) is 0.338.